The summed E-state index contributed by atoms with van der Waals surface area (Å²) in [6, 6.07) is 8.25. The van der Waals surface area contributed by atoms with Crippen molar-refractivity contribution >= 4 is 62.8 Å². The van der Waals surface area contributed by atoms with E-state index in [1.165, 1.54) is 6.07 Å². The standard InChI is InChI=1S/C35H42BrCl2FN6O3/c1-18(2)23-15-27(36)40-28(19(3)4)30(23)42-33(46)43-32(44-16-21(6)45(17-20(44)5)34(47)48-35(7,8)9)24-14-25(37)29(41-31(24)38)22-12-10-11-13-26(22)39/h10-15,18-21H,16-17H2,1-9H3,(H,42,46)/t20-,21+/m0/s1. The number of benzene rings is 1. The van der Waals surface area contributed by atoms with Gasteiger partial charge in [-0.2, -0.15) is 4.99 Å². The fraction of sp³-hybridized carbons (Fsp3) is 0.457. The van der Waals surface area contributed by atoms with E-state index in [0.29, 0.717) is 22.5 Å². The van der Waals surface area contributed by atoms with Crippen LogP contribution in [0.15, 0.2) is 46.0 Å². The summed E-state index contributed by atoms with van der Waals surface area (Å²) in [5, 5.41) is 3.11. The number of hydrogen-bond acceptors (Lipinski definition) is 5. The van der Waals surface area contributed by atoms with Crippen LogP contribution in [0.3, 0.4) is 0 Å². The first kappa shape index (κ1) is 37.5. The minimum atomic E-state index is -0.663. The second-order valence-corrected chi connectivity index (χ2v) is 15.2. The quantitative estimate of drug-likeness (QED) is 0.158. The number of carbonyl (C=O) groups is 2. The molecule has 4 rings (SSSR count). The van der Waals surface area contributed by atoms with Gasteiger partial charge in [-0.05, 0) is 92.2 Å². The van der Waals surface area contributed by atoms with Crippen LogP contribution >= 0.6 is 39.1 Å². The number of hydrogen-bond donors (Lipinski definition) is 1. The number of carbonyl (C=O) groups excluding carboxylic acids is 2. The number of pyridine rings is 2. The molecule has 48 heavy (non-hydrogen) atoms. The third kappa shape index (κ3) is 8.65. The summed E-state index contributed by atoms with van der Waals surface area (Å²) in [4.78, 5) is 44.3. The molecular formula is C35H42BrCl2FN6O3. The van der Waals surface area contributed by atoms with Gasteiger partial charge in [0.2, 0.25) is 0 Å². The minimum Gasteiger partial charge on any atom is -0.444 e. The van der Waals surface area contributed by atoms with Gasteiger partial charge in [-0.15, -0.1) is 0 Å². The van der Waals surface area contributed by atoms with Crippen molar-refractivity contribution in [2.24, 2.45) is 4.99 Å². The van der Waals surface area contributed by atoms with Gasteiger partial charge in [0, 0.05) is 30.7 Å². The molecule has 1 aromatic carbocycles. The summed E-state index contributed by atoms with van der Waals surface area (Å²) < 4.78 is 21.1. The number of aliphatic imine (C=N–C) groups is 1. The van der Waals surface area contributed by atoms with Crippen LogP contribution in [0.4, 0.5) is 19.7 Å². The van der Waals surface area contributed by atoms with Crippen molar-refractivity contribution < 1.29 is 18.7 Å². The van der Waals surface area contributed by atoms with Gasteiger partial charge in [0.15, 0.2) is 0 Å². The molecule has 1 N–H and O–H groups in total. The van der Waals surface area contributed by atoms with Crippen LogP contribution in [0.2, 0.25) is 10.2 Å². The topological polar surface area (TPSA) is 100 Å². The van der Waals surface area contributed by atoms with E-state index in [4.69, 9.17) is 27.9 Å². The molecule has 0 unspecified atom stereocenters. The number of rotatable bonds is 5. The lowest BCUT2D eigenvalue weighted by Gasteiger charge is -2.45. The minimum absolute atomic E-state index is 0.00364. The number of aromatic nitrogens is 2. The summed E-state index contributed by atoms with van der Waals surface area (Å²) in [7, 11) is 0. The Kier molecular flexibility index (Phi) is 11.8. The lowest BCUT2D eigenvalue weighted by Crippen LogP contribution is -2.60. The summed E-state index contributed by atoms with van der Waals surface area (Å²) in [6.45, 7) is 17.9. The Labute approximate surface area is 300 Å². The van der Waals surface area contributed by atoms with Gasteiger partial charge >= 0.3 is 12.1 Å². The van der Waals surface area contributed by atoms with Crippen LogP contribution in [0, 0.1) is 5.82 Å². The summed E-state index contributed by atoms with van der Waals surface area (Å²) in [5.41, 5.74) is 2.16. The maximum absolute atomic E-state index is 14.7. The van der Waals surface area contributed by atoms with E-state index in [2.05, 4.69) is 36.2 Å². The molecule has 0 spiro atoms. The third-order valence-corrected chi connectivity index (χ3v) is 8.82. The first-order valence-electron chi connectivity index (χ1n) is 15.9. The van der Waals surface area contributed by atoms with Crippen LogP contribution in [-0.2, 0) is 4.74 Å². The molecule has 3 heterocycles. The van der Waals surface area contributed by atoms with E-state index in [1.807, 2.05) is 73.3 Å². The van der Waals surface area contributed by atoms with Crippen molar-refractivity contribution in [3.63, 3.8) is 0 Å². The molecule has 1 saturated heterocycles. The van der Waals surface area contributed by atoms with Crippen molar-refractivity contribution in [3.8, 4) is 11.3 Å². The van der Waals surface area contributed by atoms with Crippen LogP contribution in [0.25, 0.3) is 11.3 Å². The number of nitrogens with one attached hydrogen (secondary N) is 1. The Morgan fingerprint density at radius 3 is 2.25 bits per heavy atom. The zero-order valence-electron chi connectivity index (χ0n) is 28.7. The van der Waals surface area contributed by atoms with Gasteiger partial charge in [-0.25, -0.2) is 23.9 Å². The van der Waals surface area contributed by atoms with Crippen molar-refractivity contribution in [2.75, 3.05) is 18.4 Å². The molecule has 9 nitrogen and oxygen atoms in total. The predicted octanol–water partition coefficient (Wildman–Crippen LogP) is 9.91. The highest BCUT2D eigenvalue weighted by atomic mass is 79.9. The van der Waals surface area contributed by atoms with Gasteiger partial charge in [0.05, 0.1) is 27.7 Å². The highest BCUT2D eigenvalue weighted by Crippen LogP contribution is 2.35. The molecule has 1 fully saturated rings. The maximum Gasteiger partial charge on any atom is 0.410 e. The number of ether oxygens (including phenoxy) is 1. The number of urea groups is 1. The zero-order valence-corrected chi connectivity index (χ0v) is 31.8. The lowest BCUT2D eigenvalue weighted by molar-refractivity contribution is 0.000486. The highest BCUT2D eigenvalue weighted by Gasteiger charge is 2.37. The van der Waals surface area contributed by atoms with Crippen LogP contribution in [0.5, 0.6) is 0 Å². The normalized spacial score (nSPS) is 17.3. The van der Waals surface area contributed by atoms with E-state index in [-0.39, 0.29) is 63.3 Å². The molecule has 0 bridgehead atoms. The van der Waals surface area contributed by atoms with Crippen LogP contribution < -0.4 is 5.32 Å². The Morgan fingerprint density at radius 2 is 1.65 bits per heavy atom. The molecule has 2 atom stereocenters. The number of amides is 3. The zero-order chi connectivity index (χ0) is 35.7. The number of nitrogens with zero attached hydrogens (tertiary/aromatic N) is 5. The summed E-state index contributed by atoms with van der Waals surface area (Å²) >= 11 is 17.1. The maximum atomic E-state index is 14.7. The van der Waals surface area contributed by atoms with Crippen molar-refractivity contribution in [2.45, 2.75) is 91.8 Å². The molecule has 1 aliphatic rings. The average molecular weight is 765 g/mol. The predicted molar refractivity (Wildman–Crippen MR) is 194 cm³/mol. The largest absolute Gasteiger partial charge is 0.444 e. The number of piperazine rings is 1. The van der Waals surface area contributed by atoms with E-state index in [1.54, 1.807) is 29.2 Å². The molecule has 2 aromatic heterocycles. The number of amidine groups is 1. The van der Waals surface area contributed by atoms with Gasteiger partial charge < -0.3 is 19.9 Å². The second-order valence-electron chi connectivity index (χ2n) is 13.6. The first-order valence-corrected chi connectivity index (χ1v) is 17.4. The highest BCUT2D eigenvalue weighted by molar-refractivity contribution is 9.10. The van der Waals surface area contributed by atoms with E-state index in [0.717, 1.165) is 5.56 Å². The Morgan fingerprint density at radius 1 is 1.02 bits per heavy atom. The third-order valence-electron chi connectivity index (χ3n) is 7.84. The summed E-state index contributed by atoms with van der Waals surface area (Å²) in [5.74, 6) is -0.221. The van der Waals surface area contributed by atoms with Crippen molar-refractivity contribution in [1.82, 2.24) is 19.8 Å². The van der Waals surface area contributed by atoms with E-state index < -0.39 is 23.5 Å². The average Bonchev–Trinajstić information content (AvgIpc) is 2.98. The monoisotopic (exact) mass is 762 g/mol. The molecule has 1 aliphatic heterocycles. The molecule has 13 heteroatoms. The molecular weight excluding hydrogens is 722 g/mol. The fourth-order valence-corrected chi connectivity index (χ4v) is 6.45. The summed E-state index contributed by atoms with van der Waals surface area (Å²) in [6.07, 6.45) is -0.431. The smallest absolute Gasteiger partial charge is 0.410 e. The number of halogens is 4. The Balaban J connectivity index is 1.82. The molecule has 0 saturated carbocycles. The molecule has 0 aliphatic carbocycles. The van der Waals surface area contributed by atoms with Gasteiger partial charge in [0.25, 0.3) is 0 Å². The van der Waals surface area contributed by atoms with Gasteiger partial charge in [-0.3, -0.25) is 0 Å². The molecule has 258 valence electrons. The van der Waals surface area contributed by atoms with E-state index in [9.17, 15) is 14.0 Å². The first-order chi connectivity index (χ1) is 22.4. The van der Waals surface area contributed by atoms with Gasteiger partial charge in [0.1, 0.15) is 27.0 Å². The molecule has 0 radical (unpaired) electrons. The Bertz CT molecular complexity index is 1700. The SMILES string of the molecule is CC(C)c1cc(Br)nc(C(C)C)c1NC(=O)N=C(c1cc(Cl)c(-c2ccccc2F)nc1Cl)N1C[C@@H](C)N(C(=O)OC(C)(C)C)C[C@@H]1C. The van der Waals surface area contributed by atoms with Crippen molar-refractivity contribution in [3.05, 3.63) is 73.8 Å². The number of anilines is 1. The van der Waals surface area contributed by atoms with E-state index >= 15 is 0 Å². The lowest BCUT2D eigenvalue weighted by atomic mass is 9.97. The molecule has 3 amide bonds. The Hall–Kier alpha value is -3.28. The van der Waals surface area contributed by atoms with Gasteiger partial charge in [-0.1, -0.05) is 63.0 Å². The fourth-order valence-electron chi connectivity index (χ4n) is 5.53. The van der Waals surface area contributed by atoms with Crippen molar-refractivity contribution in [1.29, 1.82) is 0 Å². The van der Waals surface area contributed by atoms with Crippen LogP contribution in [-0.4, -0.2) is 68.5 Å². The molecule has 3 aromatic rings. The second kappa shape index (κ2) is 15.1. The van der Waals surface area contributed by atoms with Crippen LogP contribution in [0.1, 0.15) is 91.0 Å².